The van der Waals surface area contributed by atoms with Gasteiger partial charge in [-0.05, 0) is 29.8 Å². The van der Waals surface area contributed by atoms with Crippen molar-refractivity contribution in [1.29, 1.82) is 0 Å². The van der Waals surface area contributed by atoms with Gasteiger partial charge in [0.1, 0.15) is 5.69 Å². The first kappa shape index (κ1) is 16.6. The number of methoxy groups -OCH3 is 2. The SMILES string of the molecule is COc1ccc(CC(=O)NCc2cc(-c3ccco3)on2)cc1OC. The summed E-state index contributed by atoms with van der Waals surface area (Å²) in [7, 11) is 3.13. The van der Waals surface area contributed by atoms with Crippen LogP contribution in [0.4, 0.5) is 0 Å². The average molecular weight is 342 g/mol. The summed E-state index contributed by atoms with van der Waals surface area (Å²) in [6.07, 6.45) is 1.78. The number of benzene rings is 1. The van der Waals surface area contributed by atoms with Gasteiger partial charge in [0.15, 0.2) is 17.3 Å². The highest BCUT2D eigenvalue weighted by Crippen LogP contribution is 2.27. The fraction of sp³-hybridized carbons (Fsp3) is 0.222. The third kappa shape index (κ3) is 4.00. The van der Waals surface area contributed by atoms with Crippen molar-refractivity contribution in [2.45, 2.75) is 13.0 Å². The van der Waals surface area contributed by atoms with Crippen LogP contribution in [0.1, 0.15) is 11.3 Å². The molecule has 3 rings (SSSR count). The number of nitrogens with zero attached hydrogens (tertiary/aromatic N) is 1. The molecule has 0 bridgehead atoms. The first-order valence-electron chi connectivity index (χ1n) is 7.66. The van der Waals surface area contributed by atoms with Crippen molar-refractivity contribution in [3.8, 4) is 23.0 Å². The lowest BCUT2D eigenvalue weighted by Gasteiger charge is -2.09. The fourth-order valence-electron chi connectivity index (χ4n) is 2.36. The molecule has 1 N–H and O–H groups in total. The largest absolute Gasteiger partial charge is 0.493 e. The van der Waals surface area contributed by atoms with Gasteiger partial charge in [-0.15, -0.1) is 0 Å². The lowest BCUT2D eigenvalue weighted by atomic mass is 10.1. The quantitative estimate of drug-likeness (QED) is 0.710. The molecule has 25 heavy (non-hydrogen) atoms. The topological polar surface area (TPSA) is 86.7 Å². The Kier molecular flexibility index (Phi) is 5.03. The molecule has 0 unspecified atom stereocenters. The molecule has 0 spiro atoms. The van der Waals surface area contributed by atoms with Crippen molar-refractivity contribution in [3.63, 3.8) is 0 Å². The third-order valence-electron chi connectivity index (χ3n) is 3.60. The normalized spacial score (nSPS) is 10.5. The molecule has 0 saturated carbocycles. The summed E-state index contributed by atoms with van der Waals surface area (Å²) in [6, 6.07) is 10.7. The molecule has 1 aromatic carbocycles. The van der Waals surface area contributed by atoms with Crippen LogP contribution in [0.3, 0.4) is 0 Å². The molecule has 7 nitrogen and oxygen atoms in total. The molecule has 0 aliphatic heterocycles. The van der Waals surface area contributed by atoms with Crippen molar-refractivity contribution in [2.75, 3.05) is 14.2 Å². The van der Waals surface area contributed by atoms with E-state index in [1.807, 2.05) is 6.07 Å². The predicted molar refractivity (Wildman–Crippen MR) is 89.3 cm³/mol. The molecule has 0 fully saturated rings. The molecule has 3 aromatic rings. The molecule has 1 amide bonds. The Morgan fingerprint density at radius 3 is 2.68 bits per heavy atom. The van der Waals surface area contributed by atoms with E-state index in [0.717, 1.165) is 5.56 Å². The molecule has 0 aliphatic rings. The van der Waals surface area contributed by atoms with E-state index in [1.54, 1.807) is 50.8 Å². The van der Waals surface area contributed by atoms with Gasteiger partial charge in [0.25, 0.3) is 0 Å². The van der Waals surface area contributed by atoms with E-state index in [-0.39, 0.29) is 18.9 Å². The van der Waals surface area contributed by atoms with E-state index < -0.39 is 0 Å². The van der Waals surface area contributed by atoms with E-state index in [0.29, 0.717) is 28.7 Å². The van der Waals surface area contributed by atoms with Crippen molar-refractivity contribution in [1.82, 2.24) is 10.5 Å². The van der Waals surface area contributed by atoms with E-state index in [1.165, 1.54) is 0 Å². The number of furan rings is 1. The highest BCUT2D eigenvalue weighted by Gasteiger charge is 2.11. The maximum atomic E-state index is 12.1. The Morgan fingerprint density at radius 1 is 1.12 bits per heavy atom. The Hall–Kier alpha value is -3.22. The van der Waals surface area contributed by atoms with E-state index in [9.17, 15) is 4.79 Å². The summed E-state index contributed by atoms with van der Waals surface area (Å²) in [5, 5.41) is 6.72. The van der Waals surface area contributed by atoms with Crippen LogP contribution in [0.2, 0.25) is 0 Å². The molecule has 0 saturated heterocycles. The number of ether oxygens (including phenoxy) is 2. The zero-order valence-electron chi connectivity index (χ0n) is 13.9. The molecular formula is C18H18N2O5. The summed E-state index contributed by atoms with van der Waals surface area (Å²) in [4.78, 5) is 12.1. The highest BCUT2D eigenvalue weighted by atomic mass is 16.5. The Balaban J connectivity index is 1.56. The summed E-state index contributed by atoms with van der Waals surface area (Å²) >= 11 is 0. The van der Waals surface area contributed by atoms with Crippen molar-refractivity contribution < 1.29 is 23.2 Å². The van der Waals surface area contributed by atoms with Gasteiger partial charge in [0, 0.05) is 6.07 Å². The van der Waals surface area contributed by atoms with Crippen LogP contribution in [0.5, 0.6) is 11.5 Å². The molecule has 2 aromatic heterocycles. The second-order valence-corrected chi connectivity index (χ2v) is 5.30. The van der Waals surface area contributed by atoms with Crippen LogP contribution in [-0.2, 0) is 17.8 Å². The average Bonchev–Trinajstić information content (AvgIpc) is 3.31. The van der Waals surface area contributed by atoms with E-state index >= 15 is 0 Å². The van der Waals surface area contributed by atoms with Crippen LogP contribution < -0.4 is 14.8 Å². The van der Waals surface area contributed by atoms with Crippen molar-refractivity contribution >= 4 is 5.91 Å². The molecule has 7 heteroatoms. The number of aromatic nitrogens is 1. The summed E-state index contributed by atoms with van der Waals surface area (Å²) in [5.41, 5.74) is 1.44. The second-order valence-electron chi connectivity index (χ2n) is 5.30. The van der Waals surface area contributed by atoms with Gasteiger partial charge >= 0.3 is 0 Å². The number of hydrogen-bond donors (Lipinski definition) is 1. The molecule has 0 radical (unpaired) electrons. The van der Waals surface area contributed by atoms with Crippen LogP contribution in [0.25, 0.3) is 11.5 Å². The van der Waals surface area contributed by atoms with Gasteiger partial charge in [-0.1, -0.05) is 11.2 Å². The van der Waals surface area contributed by atoms with E-state index in [2.05, 4.69) is 10.5 Å². The fourth-order valence-corrected chi connectivity index (χ4v) is 2.36. The van der Waals surface area contributed by atoms with Crippen molar-refractivity contribution in [2.24, 2.45) is 0 Å². The molecular weight excluding hydrogens is 324 g/mol. The zero-order valence-corrected chi connectivity index (χ0v) is 13.9. The van der Waals surface area contributed by atoms with Gasteiger partial charge in [0.2, 0.25) is 11.7 Å². The molecule has 130 valence electrons. The highest BCUT2D eigenvalue weighted by molar-refractivity contribution is 5.78. The smallest absolute Gasteiger partial charge is 0.224 e. The van der Waals surface area contributed by atoms with Gasteiger partial charge in [-0.25, -0.2) is 0 Å². The van der Waals surface area contributed by atoms with Gasteiger partial charge in [-0.2, -0.15) is 0 Å². The van der Waals surface area contributed by atoms with Gasteiger partial charge < -0.3 is 23.7 Å². The summed E-state index contributed by atoms with van der Waals surface area (Å²) < 4.78 is 20.8. The van der Waals surface area contributed by atoms with Crippen LogP contribution in [0, 0.1) is 0 Å². The number of nitrogens with one attached hydrogen (secondary N) is 1. The minimum absolute atomic E-state index is 0.130. The Morgan fingerprint density at radius 2 is 1.96 bits per heavy atom. The lowest BCUT2D eigenvalue weighted by Crippen LogP contribution is -2.24. The van der Waals surface area contributed by atoms with Crippen LogP contribution >= 0.6 is 0 Å². The number of rotatable bonds is 7. The molecule has 0 atom stereocenters. The van der Waals surface area contributed by atoms with Crippen LogP contribution in [0.15, 0.2) is 51.6 Å². The first-order valence-corrected chi connectivity index (χ1v) is 7.66. The number of carbonyl (C=O) groups excluding carboxylic acids is 1. The number of amides is 1. The summed E-state index contributed by atoms with van der Waals surface area (Å²) in [6.45, 7) is 0.274. The Labute approximate surface area is 144 Å². The minimum atomic E-state index is -0.130. The second kappa shape index (κ2) is 7.57. The van der Waals surface area contributed by atoms with E-state index in [4.69, 9.17) is 18.4 Å². The zero-order chi connectivity index (χ0) is 17.6. The molecule has 2 heterocycles. The standard InChI is InChI=1S/C18H18N2O5/c1-22-14-6-5-12(8-16(14)23-2)9-18(21)19-11-13-10-17(25-20-13)15-4-3-7-24-15/h3-8,10H,9,11H2,1-2H3,(H,19,21). The Bertz CT molecular complexity index is 839. The lowest BCUT2D eigenvalue weighted by molar-refractivity contribution is -0.120. The number of carbonyl (C=O) groups is 1. The minimum Gasteiger partial charge on any atom is -0.493 e. The van der Waals surface area contributed by atoms with Gasteiger partial charge in [0.05, 0.1) is 33.4 Å². The number of hydrogen-bond acceptors (Lipinski definition) is 6. The molecule has 0 aliphatic carbocycles. The van der Waals surface area contributed by atoms with Crippen molar-refractivity contribution in [3.05, 3.63) is 53.9 Å². The monoisotopic (exact) mass is 342 g/mol. The first-order chi connectivity index (χ1) is 12.2. The van der Waals surface area contributed by atoms with Gasteiger partial charge in [-0.3, -0.25) is 4.79 Å². The third-order valence-corrected chi connectivity index (χ3v) is 3.60. The van der Waals surface area contributed by atoms with Crippen LogP contribution in [-0.4, -0.2) is 25.3 Å². The maximum absolute atomic E-state index is 12.1. The summed E-state index contributed by atoms with van der Waals surface area (Å²) in [5.74, 6) is 2.20. The predicted octanol–water partition coefficient (Wildman–Crippen LogP) is 2.81. The maximum Gasteiger partial charge on any atom is 0.224 e.